The summed E-state index contributed by atoms with van der Waals surface area (Å²) in [6, 6.07) is 0. The van der Waals surface area contributed by atoms with Crippen LogP contribution in [0.25, 0.3) is 0 Å². The predicted octanol–water partition coefficient (Wildman–Crippen LogP) is 2.18. The van der Waals surface area contributed by atoms with Gasteiger partial charge in [-0.15, -0.1) is 0 Å². The van der Waals surface area contributed by atoms with E-state index in [9.17, 15) is 0 Å². The number of aryl methyl sites for hydroxylation is 1. The molecule has 1 rings (SSSR count). The van der Waals surface area contributed by atoms with E-state index < -0.39 is 0 Å². The van der Waals surface area contributed by atoms with Crippen LogP contribution in [-0.4, -0.2) is 23.5 Å². The Morgan fingerprint density at radius 1 is 1.75 bits per heavy atom. The van der Waals surface area contributed by atoms with Crippen molar-refractivity contribution in [2.75, 3.05) is 13.7 Å². The zero-order valence-electron chi connectivity index (χ0n) is 6.76. The number of methoxy groups -OCH3 is 1. The molecule has 1 aromatic rings. The van der Waals surface area contributed by atoms with E-state index >= 15 is 0 Å². The van der Waals surface area contributed by atoms with E-state index in [0.717, 1.165) is 23.3 Å². The van der Waals surface area contributed by atoms with Crippen molar-refractivity contribution in [2.24, 2.45) is 0 Å². The van der Waals surface area contributed by atoms with Crippen LogP contribution in [0, 0.1) is 3.70 Å². The molecule has 0 aliphatic heterocycles. The first-order valence-corrected chi connectivity index (χ1v) is 5.07. The topological polar surface area (TPSA) is 27.1 Å². The average Bonchev–Trinajstić information content (AvgIpc) is 2.32. The molecule has 0 saturated carbocycles. The Labute approximate surface area is 90.2 Å². The molecule has 0 aliphatic carbocycles. The lowest BCUT2D eigenvalue weighted by atomic mass is 10.4. The summed E-state index contributed by atoms with van der Waals surface area (Å²) in [7, 11) is 1.69. The smallest absolute Gasteiger partial charge is 0.141 e. The van der Waals surface area contributed by atoms with Gasteiger partial charge >= 0.3 is 0 Å². The number of hydrogen-bond donors (Lipinski definition) is 0. The highest BCUT2D eigenvalue weighted by Crippen LogP contribution is 2.15. The van der Waals surface area contributed by atoms with Crippen LogP contribution in [0.1, 0.15) is 6.42 Å². The number of ether oxygens (including phenoxy) is 1. The molecule has 0 aliphatic rings. The maximum Gasteiger partial charge on any atom is 0.141 e. The molecule has 3 nitrogen and oxygen atoms in total. The monoisotopic (exact) mass is 300 g/mol. The summed E-state index contributed by atoms with van der Waals surface area (Å²) in [6.45, 7) is 1.62. The number of hydrogen-bond acceptors (Lipinski definition) is 2. The normalized spacial score (nSPS) is 10.6. The van der Waals surface area contributed by atoms with Crippen LogP contribution >= 0.6 is 34.2 Å². The molecular formula is C7H10ClIN2O. The first-order valence-electron chi connectivity index (χ1n) is 3.61. The van der Waals surface area contributed by atoms with E-state index in [-0.39, 0.29) is 0 Å². The number of halogens is 2. The zero-order chi connectivity index (χ0) is 8.97. The SMILES string of the molecule is COCCCn1cc(Cl)c(I)n1. The lowest BCUT2D eigenvalue weighted by molar-refractivity contribution is 0.189. The fourth-order valence-electron chi connectivity index (χ4n) is 0.859. The van der Waals surface area contributed by atoms with E-state index in [4.69, 9.17) is 16.3 Å². The standard InChI is InChI=1S/C7H10ClIN2O/c1-12-4-2-3-11-5-6(8)7(9)10-11/h5H,2-4H2,1H3. The second kappa shape index (κ2) is 5.04. The Kier molecular flexibility index (Phi) is 4.31. The maximum absolute atomic E-state index is 5.82. The summed E-state index contributed by atoms with van der Waals surface area (Å²) in [4.78, 5) is 0. The third kappa shape index (κ3) is 2.91. The van der Waals surface area contributed by atoms with Crippen molar-refractivity contribution in [3.63, 3.8) is 0 Å². The molecule has 68 valence electrons. The molecule has 0 amide bonds. The highest BCUT2D eigenvalue weighted by molar-refractivity contribution is 14.1. The van der Waals surface area contributed by atoms with Crippen molar-refractivity contribution in [1.82, 2.24) is 9.78 Å². The lowest BCUT2D eigenvalue weighted by Gasteiger charge is -1.98. The van der Waals surface area contributed by atoms with Gasteiger partial charge in [0.1, 0.15) is 3.70 Å². The molecule has 0 unspecified atom stereocenters. The van der Waals surface area contributed by atoms with Gasteiger partial charge in [-0.2, -0.15) is 5.10 Å². The first-order chi connectivity index (χ1) is 5.74. The Balaban J connectivity index is 2.42. The Morgan fingerprint density at radius 2 is 2.50 bits per heavy atom. The van der Waals surface area contributed by atoms with Crippen LogP contribution in [0.5, 0.6) is 0 Å². The van der Waals surface area contributed by atoms with Crippen molar-refractivity contribution < 1.29 is 4.74 Å². The summed E-state index contributed by atoms with van der Waals surface area (Å²) in [5.74, 6) is 0. The van der Waals surface area contributed by atoms with Crippen molar-refractivity contribution in [1.29, 1.82) is 0 Å². The van der Waals surface area contributed by atoms with E-state index in [0.29, 0.717) is 5.02 Å². The van der Waals surface area contributed by atoms with Crippen LogP contribution in [0.15, 0.2) is 6.20 Å². The summed E-state index contributed by atoms with van der Waals surface area (Å²) >= 11 is 7.93. The highest BCUT2D eigenvalue weighted by atomic mass is 127. The molecule has 12 heavy (non-hydrogen) atoms. The van der Waals surface area contributed by atoms with Gasteiger partial charge in [-0.25, -0.2) is 0 Å². The summed E-state index contributed by atoms with van der Waals surface area (Å²) in [5, 5.41) is 4.91. The van der Waals surface area contributed by atoms with Crippen molar-refractivity contribution in [3.05, 3.63) is 14.9 Å². The van der Waals surface area contributed by atoms with Gasteiger partial charge in [-0.05, 0) is 29.0 Å². The van der Waals surface area contributed by atoms with Crippen LogP contribution in [0.4, 0.5) is 0 Å². The summed E-state index contributed by atoms with van der Waals surface area (Å²) < 4.78 is 7.61. The second-order valence-electron chi connectivity index (χ2n) is 2.38. The zero-order valence-corrected chi connectivity index (χ0v) is 9.67. The molecule has 0 spiro atoms. The fraction of sp³-hybridized carbons (Fsp3) is 0.571. The predicted molar refractivity (Wildman–Crippen MR) is 56.4 cm³/mol. The van der Waals surface area contributed by atoms with Crippen LogP contribution in [-0.2, 0) is 11.3 Å². The van der Waals surface area contributed by atoms with Gasteiger partial charge in [0.05, 0.1) is 5.02 Å². The molecule has 1 aromatic heterocycles. The molecule has 0 aromatic carbocycles. The van der Waals surface area contributed by atoms with E-state index in [2.05, 4.69) is 27.7 Å². The molecule has 0 atom stereocenters. The third-order valence-electron chi connectivity index (χ3n) is 1.41. The minimum absolute atomic E-state index is 0.716. The summed E-state index contributed by atoms with van der Waals surface area (Å²) in [6.07, 6.45) is 2.80. The van der Waals surface area contributed by atoms with E-state index in [1.165, 1.54) is 0 Å². The molecular weight excluding hydrogens is 290 g/mol. The Bertz CT molecular complexity index is 232. The van der Waals surface area contributed by atoms with Crippen LogP contribution in [0.3, 0.4) is 0 Å². The van der Waals surface area contributed by atoms with E-state index in [1.54, 1.807) is 7.11 Å². The Hall–Kier alpha value is 0.190. The Morgan fingerprint density at radius 3 is 3.00 bits per heavy atom. The first kappa shape index (κ1) is 10.3. The van der Waals surface area contributed by atoms with Crippen LogP contribution < -0.4 is 0 Å². The maximum atomic E-state index is 5.82. The van der Waals surface area contributed by atoms with Gasteiger partial charge in [0.2, 0.25) is 0 Å². The minimum atomic E-state index is 0.716. The van der Waals surface area contributed by atoms with Gasteiger partial charge in [-0.3, -0.25) is 4.68 Å². The van der Waals surface area contributed by atoms with Gasteiger partial charge in [0, 0.05) is 26.5 Å². The molecule has 1 heterocycles. The number of aromatic nitrogens is 2. The quantitative estimate of drug-likeness (QED) is 0.629. The molecule has 0 bridgehead atoms. The highest BCUT2D eigenvalue weighted by Gasteiger charge is 2.01. The van der Waals surface area contributed by atoms with Gasteiger partial charge in [0.15, 0.2) is 0 Å². The average molecular weight is 301 g/mol. The van der Waals surface area contributed by atoms with Crippen molar-refractivity contribution in [2.45, 2.75) is 13.0 Å². The number of nitrogens with zero attached hydrogens (tertiary/aromatic N) is 2. The number of rotatable bonds is 4. The van der Waals surface area contributed by atoms with Crippen molar-refractivity contribution in [3.8, 4) is 0 Å². The molecule has 0 fully saturated rings. The minimum Gasteiger partial charge on any atom is -0.385 e. The summed E-state index contributed by atoms with van der Waals surface area (Å²) in [5.41, 5.74) is 0. The molecule has 0 N–H and O–H groups in total. The second-order valence-corrected chi connectivity index (χ2v) is 3.81. The van der Waals surface area contributed by atoms with Gasteiger partial charge in [0.25, 0.3) is 0 Å². The molecule has 0 saturated heterocycles. The van der Waals surface area contributed by atoms with Crippen molar-refractivity contribution >= 4 is 34.2 Å². The van der Waals surface area contributed by atoms with Crippen LogP contribution in [0.2, 0.25) is 5.02 Å². The third-order valence-corrected chi connectivity index (χ3v) is 2.80. The van der Waals surface area contributed by atoms with E-state index in [1.807, 2.05) is 10.9 Å². The fourth-order valence-corrected chi connectivity index (χ4v) is 1.43. The largest absolute Gasteiger partial charge is 0.385 e. The molecule has 5 heteroatoms. The van der Waals surface area contributed by atoms with Gasteiger partial charge < -0.3 is 4.74 Å². The lowest BCUT2D eigenvalue weighted by Crippen LogP contribution is -2.01. The van der Waals surface area contributed by atoms with Gasteiger partial charge in [-0.1, -0.05) is 11.6 Å². The molecule has 0 radical (unpaired) electrons.